The molecule has 1 atom stereocenters. The molecule has 3 aromatic carbocycles. The minimum Gasteiger partial charge on any atom is -0.497 e. The largest absolute Gasteiger partial charge is 0.497 e. The topological polar surface area (TPSA) is 107 Å². The Morgan fingerprint density at radius 1 is 0.863 bits per heavy atom. The minimum atomic E-state index is -1.23. The first kappa shape index (κ1) is 39.4. The Hall–Kier alpha value is -4.38. The summed E-state index contributed by atoms with van der Waals surface area (Å²) < 4.78 is 22.0. The van der Waals surface area contributed by atoms with E-state index in [0.29, 0.717) is 55.3 Å². The Bertz CT molecular complexity index is 1640. The molecule has 3 aromatic rings. The number of nitrogens with zero attached hydrogens (tertiary/aromatic N) is 2. The van der Waals surface area contributed by atoms with Gasteiger partial charge in [-0.3, -0.25) is 9.59 Å². The summed E-state index contributed by atoms with van der Waals surface area (Å²) in [6, 6.07) is 19.0. The molecule has 11 heteroatoms. The number of hydrogen-bond acceptors (Lipinski definition) is 9. The number of Topliss-reactive ketones (excluding diaryl/α,β-unsaturated/α-hetero) is 1. The number of amides is 2. The van der Waals surface area contributed by atoms with Crippen molar-refractivity contribution in [3.63, 3.8) is 0 Å². The van der Waals surface area contributed by atoms with Crippen molar-refractivity contribution in [3.8, 4) is 17.2 Å². The van der Waals surface area contributed by atoms with Crippen LogP contribution in [-0.4, -0.2) is 80.0 Å². The first-order valence-electron chi connectivity index (χ1n) is 17.3. The van der Waals surface area contributed by atoms with Crippen molar-refractivity contribution in [2.75, 3.05) is 45.9 Å². The summed E-state index contributed by atoms with van der Waals surface area (Å²) in [6.07, 6.45) is 1.08. The molecule has 2 amide bonds. The van der Waals surface area contributed by atoms with Gasteiger partial charge in [-0.15, -0.1) is 11.8 Å². The average Bonchev–Trinajstić information content (AvgIpc) is 3.09. The maximum atomic E-state index is 14.7. The third-order valence-corrected chi connectivity index (χ3v) is 9.62. The smallest absolute Gasteiger partial charge is 0.410 e. The molecule has 0 saturated carbocycles. The van der Waals surface area contributed by atoms with Crippen molar-refractivity contribution in [2.24, 2.45) is 5.92 Å². The van der Waals surface area contributed by atoms with E-state index in [2.05, 4.69) is 26.1 Å². The van der Waals surface area contributed by atoms with Crippen LogP contribution in [0.4, 0.5) is 10.5 Å². The number of methoxy groups -OCH3 is 3. The van der Waals surface area contributed by atoms with Crippen molar-refractivity contribution in [2.45, 2.75) is 82.2 Å². The molecule has 1 fully saturated rings. The maximum Gasteiger partial charge on any atom is 0.410 e. The van der Waals surface area contributed by atoms with Crippen molar-refractivity contribution in [1.29, 1.82) is 0 Å². The molecule has 0 radical (unpaired) electrons. The van der Waals surface area contributed by atoms with Gasteiger partial charge < -0.3 is 34.1 Å². The Morgan fingerprint density at radius 2 is 1.49 bits per heavy atom. The van der Waals surface area contributed by atoms with E-state index in [1.807, 2.05) is 62.1 Å². The fourth-order valence-electron chi connectivity index (χ4n) is 5.90. The van der Waals surface area contributed by atoms with Gasteiger partial charge in [-0.2, -0.15) is 0 Å². The van der Waals surface area contributed by atoms with Gasteiger partial charge in [-0.25, -0.2) is 4.79 Å². The molecule has 276 valence electrons. The van der Waals surface area contributed by atoms with E-state index in [1.54, 1.807) is 68.3 Å². The zero-order chi connectivity index (χ0) is 37.3. The van der Waals surface area contributed by atoms with Crippen LogP contribution in [0.2, 0.25) is 0 Å². The van der Waals surface area contributed by atoms with Crippen molar-refractivity contribution < 1.29 is 33.3 Å². The van der Waals surface area contributed by atoms with Crippen LogP contribution in [0.1, 0.15) is 70.3 Å². The van der Waals surface area contributed by atoms with E-state index < -0.39 is 17.6 Å². The lowest BCUT2D eigenvalue weighted by Crippen LogP contribution is -2.53. The highest BCUT2D eigenvalue weighted by Crippen LogP contribution is 2.40. The molecular weight excluding hydrogens is 667 g/mol. The van der Waals surface area contributed by atoms with Gasteiger partial charge in [0.2, 0.25) is 0 Å². The molecule has 0 bridgehead atoms. The first-order chi connectivity index (χ1) is 24.1. The van der Waals surface area contributed by atoms with Crippen LogP contribution in [0.15, 0.2) is 71.6 Å². The van der Waals surface area contributed by atoms with Gasteiger partial charge in [0, 0.05) is 53.0 Å². The third-order valence-electron chi connectivity index (χ3n) is 8.44. The van der Waals surface area contributed by atoms with Gasteiger partial charge in [-0.05, 0) is 88.1 Å². The third kappa shape index (κ3) is 11.1. The predicted molar refractivity (Wildman–Crippen MR) is 202 cm³/mol. The number of thioether (sulfide) groups is 1. The second kappa shape index (κ2) is 17.2. The summed E-state index contributed by atoms with van der Waals surface area (Å²) in [6.45, 7) is 13.6. The van der Waals surface area contributed by atoms with E-state index in [4.69, 9.17) is 18.9 Å². The Labute approximate surface area is 307 Å². The van der Waals surface area contributed by atoms with Gasteiger partial charge >= 0.3 is 6.09 Å². The zero-order valence-electron chi connectivity index (χ0n) is 31.4. The van der Waals surface area contributed by atoms with Crippen LogP contribution >= 0.6 is 11.8 Å². The highest BCUT2D eigenvalue weighted by molar-refractivity contribution is 8.00. The number of hydrogen-bond donors (Lipinski definition) is 1. The Morgan fingerprint density at radius 3 is 2.08 bits per heavy atom. The molecule has 0 aliphatic carbocycles. The number of piperidine rings is 1. The normalized spacial score (nSPS) is 14.3. The lowest BCUT2D eigenvalue weighted by atomic mass is 9.96. The predicted octanol–water partition coefficient (Wildman–Crippen LogP) is 7.62. The number of ketones is 1. The Kier molecular flexibility index (Phi) is 13.3. The summed E-state index contributed by atoms with van der Waals surface area (Å²) in [5, 5.41) is 3.14. The summed E-state index contributed by atoms with van der Waals surface area (Å²) in [4.78, 5) is 46.4. The SMILES string of the molecule is COc1ccc(C(=O)C(C(=O)NCC2CCN(C(=O)OC(C)(C)C)CC2)N(Cc2ccc(OC)cc2OC)c2ccccc2SC(C)(C)C)cc1. The van der Waals surface area contributed by atoms with Gasteiger partial charge in [0.15, 0.2) is 11.8 Å². The molecule has 10 nitrogen and oxygen atoms in total. The first-order valence-corrected chi connectivity index (χ1v) is 18.1. The number of benzene rings is 3. The maximum absolute atomic E-state index is 14.7. The van der Waals surface area contributed by atoms with E-state index in [-0.39, 0.29) is 29.1 Å². The number of anilines is 1. The van der Waals surface area contributed by atoms with Crippen LogP contribution in [0.3, 0.4) is 0 Å². The van der Waals surface area contributed by atoms with E-state index in [1.165, 1.54) is 0 Å². The molecule has 1 saturated heterocycles. The second-order valence-corrected chi connectivity index (χ2v) is 16.5. The molecule has 4 rings (SSSR count). The van der Waals surface area contributed by atoms with E-state index in [0.717, 1.165) is 16.1 Å². The van der Waals surface area contributed by atoms with Crippen molar-refractivity contribution in [1.82, 2.24) is 10.2 Å². The van der Waals surface area contributed by atoms with Crippen LogP contribution in [0.5, 0.6) is 17.2 Å². The fourth-order valence-corrected chi connectivity index (χ4v) is 6.99. The zero-order valence-corrected chi connectivity index (χ0v) is 32.2. The monoisotopic (exact) mass is 719 g/mol. The second-order valence-electron chi connectivity index (χ2n) is 14.6. The summed E-state index contributed by atoms with van der Waals surface area (Å²) in [5.41, 5.74) is 1.35. The number of likely N-dealkylation sites (tertiary alicyclic amines) is 1. The van der Waals surface area contributed by atoms with Gasteiger partial charge in [0.25, 0.3) is 5.91 Å². The van der Waals surface area contributed by atoms with E-state index in [9.17, 15) is 14.4 Å². The molecule has 1 N–H and O–H groups in total. The molecule has 0 aromatic heterocycles. The Balaban J connectivity index is 1.72. The summed E-state index contributed by atoms with van der Waals surface area (Å²) >= 11 is 1.67. The quantitative estimate of drug-likeness (QED) is 0.108. The number of para-hydroxylation sites is 1. The van der Waals surface area contributed by atoms with Gasteiger partial charge in [-0.1, -0.05) is 32.9 Å². The molecule has 1 unspecified atom stereocenters. The van der Waals surface area contributed by atoms with Gasteiger partial charge in [0.05, 0.1) is 27.0 Å². The molecule has 1 aliphatic heterocycles. The highest BCUT2D eigenvalue weighted by Gasteiger charge is 2.37. The fraction of sp³-hybridized carbons (Fsp3) is 0.475. The number of carbonyl (C=O) groups excluding carboxylic acids is 3. The van der Waals surface area contributed by atoms with Crippen LogP contribution in [0, 0.1) is 5.92 Å². The lowest BCUT2D eigenvalue weighted by molar-refractivity contribution is -0.121. The van der Waals surface area contributed by atoms with E-state index >= 15 is 0 Å². The van der Waals surface area contributed by atoms with Crippen molar-refractivity contribution >= 4 is 35.2 Å². The summed E-state index contributed by atoms with van der Waals surface area (Å²) in [5.74, 6) is 1.19. The number of rotatable bonds is 13. The minimum absolute atomic E-state index is 0.128. The van der Waals surface area contributed by atoms with Gasteiger partial charge in [0.1, 0.15) is 22.8 Å². The standard InChI is InChI=1S/C40H53N3O7S/c1-39(2,3)50-38(46)42-22-20-27(21-23-42)25-41-37(45)35(36(44)28-14-17-30(47-7)18-15-28)43(26-29-16-19-31(48-8)24-33(29)49-9)32-12-10-11-13-34(32)51-40(4,5)6/h10-19,24,27,35H,20-23,25-26H2,1-9H3,(H,41,45). The number of carbonyl (C=O) groups is 3. The summed E-state index contributed by atoms with van der Waals surface area (Å²) in [7, 11) is 4.75. The average molecular weight is 720 g/mol. The molecule has 51 heavy (non-hydrogen) atoms. The van der Waals surface area contributed by atoms with Crippen LogP contribution < -0.4 is 24.4 Å². The molecule has 1 heterocycles. The number of nitrogens with one attached hydrogen (secondary N) is 1. The number of ether oxygens (including phenoxy) is 4. The molecule has 0 spiro atoms. The lowest BCUT2D eigenvalue weighted by Gasteiger charge is -2.36. The molecule has 1 aliphatic rings. The van der Waals surface area contributed by atoms with Crippen molar-refractivity contribution in [3.05, 3.63) is 77.9 Å². The van der Waals surface area contributed by atoms with Crippen LogP contribution in [-0.2, 0) is 16.1 Å². The molecular formula is C40H53N3O7S. The van der Waals surface area contributed by atoms with Crippen LogP contribution in [0.25, 0.3) is 0 Å². The highest BCUT2D eigenvalue weighted by atomic mass is 32.2.